The molecule has 1 aliphatic heterocycles. The third-order valence-corrected chi connectivity index (χ3v) is 21.3. The molecule has 7 nitrogen and oxygen atoms in total. The number of fused-ring (bicyclic) bond motifs is 22. The van der Waals surface area contributed by atoms with Crippen LogP contribution >= 0.6 is 0 Å². The van der Waals surface area contributed by atoms with E-state index in [2.05, 4.69) is 314 Å². The number of hydrogen-bond donors (Lipinski definition) is 0. The molecule has 7 heteroatoms. The van der Waals surface area contributed by atoms with Gasteiger partial charge in [0.05, 0.1) is 22.2 Å². The average molecular weight is 1270 g/mol. The van der Waals surface area contributed by atoms with Crippen LogP contribution in [0.3, 0.4) is 0 Å². The number of furan rings is 2. The van der Waals surface area contributed by atoms with Gasteiger partial charge in [0.2, 0.25) is 0 Å². The number of aromatic nitrogens is 2. The first kappa shape index (κ1) is 57.9. The fraction of sp³-hybridized carbons (Fsp3) is 0.143. The highest BCUT2D eigenvalue weighted by atomic mass is 16.5. The summed E-state index contributed by atoms with van der Waals surface area (Å²) in [4.78, 5) is 16.1. The van der Waals surface area contributed by atoms with Crippen LogP contribution in [0.2, 0.25) is 0 Å². The molecule has 2 unspecified atom stereocenters. The number of benzene rings is 11. The quantitative estimate of drug-likeness (QED) is 0.150. The van der Waals surface area contributed by atoms with Crippen LogP contribution in [-0.2, 0) is 16.2 Å². The van der Waals surface area contributed by atoms with Gasteiger partial charge in [0.25, 0.3) is 0 Å². The molecule has 472 valence electrons. The third kappa shape index (κ3) is 8.41. The Morgan fingerprint density at radius 3 is 1.54 bits per heavy atom. The standard InChI is InChI=1S/C91H70N4O3/c1-53-47-70(67-32-21-30-65-62-26-13-18-36-78(62)96-84(65)67)87(92-51-53)94(57-43-39-55(40-44-57)89(3,4)5)76-49-74-81(64-28-10-9-25-61(64)76)83-75(91(74)72-34-16-11-23-59(72)60-24-12-17-35-73(60)91)50-77(82-69-29-15-20-38-80(69)98-86(82)83)95(58-45-41-56(42-46-58)90(6,7)8)88-71(48-54(2)52-93-88)68-33-22-31-66-63-27-14-19-37-79(63)97-85(66)68/h9-52,63,79H,1-8H3. The van der Waals surface area contributed by atoms with Crippen molar-refractivity contribution in [1.29, 1.82) is 0 Å². The Labute approximate surface area is 570 Å². The number of rotatable bonds is 8. The lowest BCUT2D eigenvalue weighted by atomic mass is 9.70. The number of allylic oxidation sites excluding steroid dienone is 2. The summed E-state index contributed by atoms with van der Waals surface area (Å²) in [6.07, 6.45) is 12.6. The number of ether oxygens (including phenoxy) is 1. The normalized spacial score (nSPS) is 15.4. The minimum absolute atomic E-state index is 0.0944. The SMILES string of the molecule is Cc1cnc(N(c2ccc(C(C)(C)C)cc2)c2cc3c(c4ccccc24)-c2c(cc(N(c4ccc(C(C)(C)C)cc4)c4ncc(C)cc4-c4cccc5c4OC4C=CC=CC54)c4c2oc2ccccc24)C32c3ccccc3-c3ccccc32)c(-c2cccc3c2oc2ccccc23)c1. The van der Waals surface area contributed by atoms with E-state index in [0.717, 1.165) is 150 Å². The van der Waals surface area contributed by atoms with Gasteiger partial charge >= 0.3 is 0 Å². The van der Waals surface area contributed by atoms with Crippen LogP contribution in [0.5, 0.6) is 5.75 Å². The molecule has 4 aromatic heterocycles. The monoisotopic (exact) mass is 1270 g/mol. The highest BCUT2D eigenvalue weighted by Crippen LogP contribution is 2.68. The number of pyridine rings is 2. The zero-order valence-corrected chi connectivity index (χ0v) is 56.1. The Balaban J connectivity index is 0.945. The van der Waals surface area contributed by atoms with E-state index in [0.29, 0.717) is 0 Å². The van der Waals surface area contributed by atoms with Crippen LogP contribution in [0, 0.1) is 13.8 Å². The molecule has 0 saturated carbocycles. The molecule has 3 aliphatic carbocycles. The van der Waals surface area contributed by atoms with Gasteiger partial charge in [-0.1, -0.05) is 230 Å². The molecule has 0 saturated heterocycles. The van der Waals surface area contributed by atoms with Gasteiger partial charge in [-0.25, -0.2) is 9.97 Å². The maximum Gasteiger partial charge on any atom is 0.145 e. The molecule has 0 amide bonds. The molecule has 5 heterocycles. The number of anilines is 6. The first-order valence-electron chi connectivity index (χ1n) is 34.3. The molecular weight excluding hydrogens is 1200 g/mol. The molecule has 0 N–H and O–H groups in total. The van der Waals surface area contributed by atoms with Gasteiger partial charge in [-0.2, -0.15) is 0 Å². The maximum absolute atomic E-state index is 7.73. The summed E-state index contributed by atoms with van der Waals surface area (Å²) in [5, 5.41) is 6.30. The number of para-hydroxylation sites is 4. The van der Waals surface area contributed by atoms with Crippen molar-refractivity contribution >= 4 is 89.0 Å². The number of aryl methyl sites for hydroxylation is 2. The lowest BCUT2D eigenvalue weighted by Gasteiger charge is -2.34. The average Bonchev–Trinajstić information content (AvgIpc) is 1.49. The van der Waals surface area contributed by atoms with Gasteiger partial charge in [-0.15, -0.1) is 0 Å². The molecule has 11 aromatic carbocycles. The summed E-state index contributed by atoms with van der Waals surface area (Å²) >= 11 is 0. The third-order valence-electron chi connectivity index (χ3n) is 21.3. The second-order valence-corrected chi connectivity index (χ2v) is 29.2. The lowest BCUT2D eigenvalue weighted by Crippen LogP contribution is -2.27. The van der Waals surface area contributed by atoms with E-state index in [1.807, 2.05) is 18.5 Å². The molecule has 0 radical (unpaired) electrons. The first-order chi connectivity index (χ1) is 47.7. The molecule has 0 fully saturated rings. The Kier molecular flexibility index (Phi) is 12.5. The van der Waals surface area contributed by atoms with Crippen LogP contribution in [0.15, 0.2) is 276 Å². The Morgan fingerprint density at radius 1 is 0.398 bits per heavy atom. The summed E-state index contributed by atoms with van der Waals surface area (Å²) in [6.45, 7) is 18.0. The minimum atomic E-state index is -0.916. The van der Waals surface area contributed by atoms with Crippen molar-refractivity contribution in [3.8, 4) is 50.3 Å². The summed E-state index contributed by atoms with van der Waals surface area (Å²) in [6, 6.07) is 85.3. The van der Waals surface area contributed by atoms with E-state index in [-0.39, 0.29) is 22.9 Å². The summed E-state index contributed by atoms with van der Waals surface area (Å²) in [5.41, 5.74) is 24.9. The molecule has 1 spiro atoms. The van der Waals surface area contributed by atoms with Crippen molar-refractivity contribution in [2.45, 2.75) is 83.7 Å². The molecule has 98 heavy (non-hydrogen) atoms. The second kappa shape index (κ2) is 21.2. The zero-order chi connectivity index (χ0) is 66.1. The van der Waals surface area contributed by atoms with Crippen LogP contribution in [0.25, 0.3) is 99.2 Å². The lowest BCUT2D eigenvalue weighted by molar-refractivity contribution is 0.270. The van der Waals surface area contributed by atoms with E-state index in [1.165, 1.54) is 38.9 Å². The summed E-state index contributed by atoms with van der Waals surface area (Å²) in [5.74, 6) is 2.55. The van der Waals surface area contributed by atoms with Crippen LogP contribution in [-0.4, -0.2) is 16.1 Å². The van der Waals surface area contributed by atoms with Crippen molar-refractivity contribution in [1.82, 2.24) is 9.97 Å². The van der Waals surface area contributed by atoms with Crippen molar-refractivity contribution in [2.24, 2.45) is 0 Å². The van der Waals surface area contributed by atoms with Gasteiger partial charge in [-0.05, 0) is 158 Å². The largest absolute Gasteiger partial charge is 0.484 e. The van der Waals surface area contributed by atoms with Gasteiger partial charge < -0.3 is 13.6 Å². The Hall–Kier alpha value is -11.5. The Bertz CT molecular complexity index is 5880. The van der Waals surface area contributed by atoms with E-state index >= 15 is 0 Å². The van der Waals surface area contributed by atoms with Gasteiger partial charge in [0, 0.05) is 84.6 Å². The highest BCUT2D eigenvalue weighted by Gasteiger charge is 2.54. The van der Waals surface area contributed by atoms with Crippen molar-refractivity contribution in [3.63, 3.8) is 0 Å². The predicted octanol–water partition coefficient (Wildman–Crippen LogP) is 24.2. The molecule has 0 bridgehead atoms. The smallest absolute Gasteiger partial charge is 0.145 e. The van der Waals surface area contributed by atoms with Gasteiger partial charge in [0.1, 0.15) is 45.8 Å². The highest BCUT2D eigenvalue weighted by molar-refractivity contribution is 6.24. The summed E-state index contributed by atoms with van der Waals surface area (Å²) < 4.78 is 21.7. The first-order valence-corrected chi connectivity index (χ1v) is 34.3. The van der Waals surface area contributed by atoms with E-state index in [4.69, 9.17) is 23.5 Å². The molecular formula is C91H70N4O3. The molecule has 2 atom stereocenters. The topological polar surface area (TPSA) is 67.8 Å². The van der Waals surface area contributed by atoms with E-state index < -0.39 is 5.41 Å². The van der Waals surface area contributed by atoms with Crippen molar-refractivity contribution < 1.29 is 13.6 Å². The molecule has 15 aromatic rings. The number of nitrogens with zero attached hydrogens (tertiary/aromatic N) is 4. The fourth-order valence-corrected chi connectivity index (χ4v) is 16.8. The van der Waals surface area contributed by atoms with Gasteiger partial charge in [-0.3, -0.25) is 9.80 Å². The van der Waals surface area contributed by atoms with Crippen LogP contribution in [0.1, 0.15) is 97.5 Å². The van der Waals surface area contributed by atoms with Gasteiger partial charge in [0.15, 0.2) is 0 Å². The Morgan fingerprint density at radius 2 is 0.888 bits per heavy atom. The summed E-state index contributed by atoms with van der Waals surface area (Å²) in [7, 11) is 0. The number of hydrogen-bond acceptors (Lipinski definition) is 7. The van der Waals surface area contributed by atoms with Crippen molar-refractivity contribution in [3.05, 3.63) is 317 Å². The minimum Gasteiger partial charge on any atom is -0.484 e. The predicted molar refractivity (Wildman–Crippen MR) is 403 cm³/mol. The van der Waals surface area contributed by atoms with Crippen molar-refractivity contribution in [2.75, 3.05) is 9.80 Å². The molecule has 19 rings (SSSR count). The molecule has 4 aliphatic rings. The maximum atomic E-state index is 7.73. The van der Waals surface area contributed by atoms with E-state index in [9.17, 15) is 0 Å². The fourth-order valence-electron chi connectivity index (χ4n) is 16.8. The second-order valence-electron chi connectivity index (χ2n) is 29.2. The van der Waals surface area contributed by atoms with E-state index in [1.54, 1.807) is 0 Å². The van der Waals surface area contributed by atoms with Crippen LogP contribution in [0.4, 0.5) is 34.4 Å². The zero-order valence-electron chi connectivity index (χ0n) is 56.1. The van der Waals surface area contributed by atoms with Crippen LogP contribution < -0.4 is 14.5 Å².